The van der Waals surface area contributed by atoms with E-state index in [4.69, 9.17) is 9.47 Å². The highest BCUT2D eigenvalue weighted by molar-refractivity contribution is 5.59. The fraction of sp³-hybridized carbons (Fsp3) is 0.600. The summed E-state index contributed by atoms with van der Waals surface area (Å²) in [5, 5.41) is 3.55. The quantitative estimate of drug-likeness (QED) is 0.855. The van der Waals surface area contributed by atoms with Crippen LogP contribution in [0, 0.1) is 0 Å². The van der Waals surface area contributed by atoms with Gasteiger partial charge in [-0.3, -0.25) is 0 Å². The minimum atomic E-state index is 0.411. The van der Waals surface area contributed by atoms with Crippen molar-refractivity contribution in [1.82, 2.24) is 4.90 Å². The van der Waals surface area contributed by atoms with Crippen LogP contribution in [-0.2, 0) is 11.3 Å². The Kier molecular flexibility index (Phi) is 4.66. The third-order valence-electron chi connectivity index (χ3n) is 3.55. The molecule has 0 spiro atoms. The van der Waals surface area contributed by atoms with Gasteiger partial charge in [0.2, 0.25) is 0 Å². The molecule has 2 rings (SSSR count). The number of ether oxygens (including phenoxy) is 2. The number of nitrogens with one attached hydrogen (secondary N) is 1. The van der Waals surface area contributed by atoms with Gasteiger partial charge in [-0.05, 0) is 44.6 Å². The molecule has 19 heavy (non-hydrogen) atoms. The fourth-order valence-electron chi connectivity index (χ4n) is 2.43. The molecule has 0 unspecified atom stereocenters. The van der Waals surface area contributed by atoms with E-state index in [2.05, 4.69) is 36.4 Å². The van der Waals surface area contributed by atoms with E-state index < -0.39 is 0 Å². The molecule has 4 nitrogen and oxygen atoms in total. The van der Waals surface area contributed by atoms with Crippen molar-refractivity contribution in [2.24, 2.45) is 0 Å². The third-order valence-corrected chi connectivity index (χ3v) is 3.55. The molecule has 1 N–H and O–H groups in total. The topological polar surface area (TPSA) is 33.7 Å². The molecule has 0 amide bonds. The molecule has 1 aromatic rings. The Labute approximate surface area is 115 Å². The van der Waals surface area contributed by atoms with Crippen LogP contribution in [0.15, 0.2) is 18.2 Å². The van der Waals surface area contributed by atoms with Gasteiger partial charge in [0.05, 0.1) is 18.9 Å². The molecule has 4 heteroatoms. The second-order valence-electron chi connectivity index (χ2n) is 5.44. The van der Waals surface area contributed by atoms with Crippen molar-refractivity contribution in [3.05, 3.63) is 23.8 Å². The molecule has 106 valence electrons. The molecule has 0 saturated heterocycles. The monoisotopic (exact) mass is 264 g/mol. The first kappa shape index (κ1) is 14.2. The van der Waals surface area contributed by atoms with Crippen LogP contribution in [0.2, 0.25) is 0 Å². The Morgan fingerprint density at radius 2 is 2.00 bits per heavy atom. The maximum Gasteiger partial charge on any atom is 0.141 e. The molecular formula is C15H24N2O2. The lowest BCUT2D eigenvalue weighted by Gasteiger charge is -2.35. The molecular weight excluding hydrogens is 240 g/mol. The van der Waals surface area contributed by atoms with Crippen molar-refractivity contribution in [1.29, 1.82) is 0 Å². The Balaban J connectivity index is 2.04. The average Bonchev–Trinajstić information content (AvgIpc) is 2.32. The predicted molar refractivity (Wildman–Crippen MR) is 77.8 cm³/mol. The summed E-state index contributed by atoms with van der Waals surface area (Å²) in [4.78, 5) is 2.16. The predicted octanol–water partition coefficient (Wildman–Crippen LogP) is 2.35. The Hall–Kier alpha value is -1.26. The molecule has 0 bridgehead atoms. The second kappa shape index (κ2) is 6.26. The summed E-state index contributed by atoms with van der Waals surface area (Å²) >= 11 is 0. The standard InChI is InChI=1S/C15H24N2O2/c1-17(2)10-11-5-6-15(19-4)14(7-11)16-12-8-13(9-12)18-3/h5-7,12-13,16H,8-10H2,1-4H3. The van der Waals surface area contributed by atoms with Crippen LogP contribution >= 0.6 is 0 Å². The highest BCUT2D eigenvalue weighted by Gasteiger charge is 2.29. The summed E-state index contributed by atoms with van der Waals surface area (Å²) in [7, 11) is 7.64. The first-order valence-corrected chi connectivity index (χ1v) is 6.73. The lowest BCUT2D eigenvalue weighted by atomic mass is 9.89. The number of hydrogen-bond donors (Lipinski definition) is 1. The van der Waals surface area contributed by atoms with Gasteiger partial charge in [0.1, 0.15) is 5.75 Å². The molecule has 1 saturated carbocycles. The van der Waals surface area contributed by atoms with Gasteiger partial charge < -0.3 is 19.7 Å². The molecule has 1 aliphatic rings. The SMILES string of the molecule is COc1ccc(CN(C)C)cc1NC1CC(OC)C1. The zero-order chi connectivity index (χ0) is 13.8. The van der Waals surface area contributed by atoms with Crippen molar-refractivity contribution in [2.45, 2.75) is 31.5 Å². The number of benzene rings is 1. The number of rotatable bonds is 6. The van der Waals surface area contributed by atoms with Crippen molar-refractivity contribution in [2.75, 3.05) is 33.6 Å². The maximum absolute atomic E-state index is 5.42. The molecule has 1 aliphatic carbocycles. The van der Waals surface area contributed by atoms with E-state index in [-0.39, 0.29) is 0 Å². The van der Waals surface area contributed by atoms with Gasteiger partial charge in [0, 0.05) is 19.7 Å². The van der Waals surface area contributed by atoms with Crippen molar-refractivity contribution in [3.63, 3.8) is 0 Å². The lowest BCUT2D eigenvalue weighted by molar-refractivity contribution is 0.0328. The van der Waals surface area contributed by atoms with Gasteiger partial charge in [0.25, 0.3) is 0 Å². The summed E-state index contributed by atoms with van der Waals surface area (Å²) in [5.41, 5.74) is 2.37. The van der Waals surface area contributed by atoms with Gasteiger partial charge in [-0.2, -0.15) is 0 Å². The minimum absolute atomic E-state index is 0.411. The van der Waals surface area contributed by atoms with E-state index in [1.807, 2.05) is 6.07 Å². The highest BCUT2D eigenvalue weighted by atomic mass is 16.5. The summed E-state index contributed by atoms with van der Waals surface area (Å²) in [6.45, 7) is 0.935. The van der Waals surface area contributed by atoms with E-state index >= 15 is 0 Å². The van der Waals surface area contributed by atoms with E-state index in [9.17, 15) is 0 Å². The second-order valence-corrected chi connectivity index (χ2v) is 5.44. The van der Waals surface area contributed by atoms with Gasteiger partial charge >= 0.3 is 0 Å². The van der Waals surface area contributed by atoms with Gasteiger partial charge in [-0.1, -0.05) is 6.07 Å². The van der Waals surface area contributed by atoms with Crippen LogP contribution in [0.5, 0.6) is 5.75 Å². The van der Waals surface area contributed by atoms with Crippen LogP contribution in [0.3, 0.4) is 0 Å². The summed E-state index contributed by atoms with van der Waals surface area (Å²) in [6, 6.07) is 6.82. The smallest absolute Gasteiger partial charge is 0.141 e. The number of anilines is 1. The summed E-state index contributed by atoms with van der Waals surface area (Å²) in [5.74, 6) is 0.906. The molecule has 0 aromatic heterocycles. The molecule has 0 atom stereocenters. The molecule has 1 aromatic carbocycles. The van der Waals surface area contributed by atoms with Gasteiger partial charge in [0.15, 0.2) is 0 Å². The van der Waals surface area contributed by atoms with Crippen LogP contribution < -0.4 is 10.1 Å². The maximum atomic E-state index is 5.42. The van der Waals surface area contributed by atoms with E-state index in [0.29, 0.717) is 12.1 Å². The Morgan fingerprint density at radius 3 is 2.58 bits per heavy atom. The fourth-order valence-corrected chi connectivity index (χ4v) is 2.43. The van der Waals surface area contributed by atoms with Crippen LogP contribution in [0.25, 0.3) is 0 Å². The van der Waals surface area contributed by atoms with Crippen LogP contribution in [0.4, 0.5) is 5.69 Å². The normalized spacial score (nSPS) is 22.2. The molecule has 0 heterocycles. The van der Waals surface area contributed by atoms with E-state index in [1.54, 1.807) is 14.2 Å². The number of nitrogens with zero attached hydrogens (tertiary/aromatic N) is 1. The van der Waals surface area contributed by atoms with Gasteiger partial charge in [-0.15, -0.1) is 0 Å². The molecule has 0 radical (unpaired) electrons. The average molecular weight is 264 g/mol. The van der Waals surface area contributed by atoms with Crippen molar-refractivity contribution < 1.29 is 9.47 Å². The zero-order valence-corrected chi connectivity index (χ0v) is 12.3. The van der Waals surface area contributed by atoms with Gasteiger partial charge in [-0.25, -0.2) is 0 Å². The Bertz CT molecular complexity index is 415. The van der Waals surface area contributed by atoms with Crippen molar-refractivity contribution in [3.8, 4) is 5.75 Å². The Morgan fingerprint density at radius 1 is 1.26 bits per heavy atom. The van der Waals surface area contributed by atoms with E-state index in [0.717, 1.165) is 30.8 Å². The highest BCUT2D eigenvalue weighted by Crippen LogP contribution is 2.31. The molecule has 0 aliphatic heterocycles. The molecule has 1 fully saturated rings. The summed E-state index contributed by atoms with van der Waals surface area (Å²) in [6.07, 6.45) is 2.54. The largest absolute Gasteiger partial charge is 0.495 e. The first-order valence-electron chi connectivity index (χ1n) is 6.73. The van der Waals surface area contributed by atoms with Crippen molar-refractivity contribution >= 4 is 5.69 Å². The minimum Gasteiger partial charge on any atom is -0.495 e. The summed E-state index contributed by atoms with van der Waals surface area (Å²) < 4.78 is 10.7. The van der Waals surface area contributed by atoms with E-state index in [1.165, 1.54) is 5.56 Å². The first-order chi connectivity index (χ1) is 9.12. The number of hydrogen-bond acceptors (Lipinski definition) is 4. The van der Waals surface area contributed by atoms with Crippen LogP contribution in [0.1, 0.15) is 18.4 Å². The zero-order valence-electron chi connectivity index (χ0n) is 12.3. The lowest BCUT2D eigenvalue weighted by Crippen LogP contribution is -2.40. The third kappa shape index (κ3) is 3.61. The number of methoxy groups -OCH3 is 2. The van der Waals surface area contributed by atoms with Crippen LogP contribution in [-0.4, -0.2) is 45.4 Å².